The fourth-order valence-corrected chi connectivity index (χ4v) is 2.52. The van der Waals surface area contributed by atoms with Crippen LogP contribution in [0.3, 0.4) is 0 Å². The van der Waals surface area contributed by atoms with Crippen molar-refractivity contribution in [2.75, 3.05) is 25.0 Å². The summed E-state index contributed by atoms with van der Waals surface area (Å²) in [6.45, 7) is 7.20. The Hall–Kier alpha value is -2.20. The topological polar surface area (TPSA) is 95.1 Å². The van der Waals surface area contributed by atoms with E-state index in [1.165, 1.54) is 12.3 Å². The summed E-state index contributed by atoms with van der Waals surface area (Å²) < 4.78 is 0. The average molecular weight is 289 g/mol. The first-order valence-electron chi connectivity index (χ1n) is 7.03. The van der Waals surface area contributed by atoms with Crippen LogP contribution in [0.15, 0.2) is 12.3 Å². The number of rotatable bonds is 5. The molecule has 0 amide bonds. The number of nitriles is 1. The van der Waals surface area contributed by atoms with E-state index in [9.17, 15) is 10.1 Å². The van der Waals surface area contributed by atoms with Crippen LogP contribution >= 0.6 is 0 Å². The number of pyridine rings is 1. The minimum atomic E-state index is -0.547. The molecule has 0 radical (unpaired) electrons. The summed E-state index contributed by atoms with van der Waals surface area (Å²) in [5, 5.41) is 22.9. The Bertz CT molecular complexity index is 567. The lowest BCUT2D eigenvalue weighted by Gasteiger charge is -2.20. The number of aromatic nitrogens is 1. The fraction of sp³-hybridized carbons (Fsp3) is 0.571. The van der Waals surface area contributed by atoms with E-state index in [0.29, 0.717) is 17.8 Å². The van der Waals surface area contributed by atoms with Crippen LogP contribution in [0.1, 0.15) is 25.8 Å². The summed E-state index contributed by atoms with van der Waals surface area (Å²) in [6.07, 6.45) is 2.29. The lowest BCUT2D eigenvalue weighted by molar-refractivity contribution is -0.385. The highest BCUT2D eigenvalue weighted by atomic mass is 16.6. The molecular weight excluding hydrogens is 270 g/mol. The van der Waals surface area contributed by atoms with Crippen LogP contribution in [0, 0.1) is 27.4 Å². The lowest BCUT2D eigenvalue weighted by atomic mass is 10.1. The number of hydrogen-bond donors (Lipinski definition) is 1. The van der Waals surface area contributed by atoms with Gasteiger partial charge in [0.1, 0.15) is 23.6 Å². The molecular formula is C14H19N5O2. The van der Waals surface area contributed by atoms with Crippen molar-refractivity contribution < 1.29 is 4.92 Å². The van der Waals surface area contributed by atoms with Crippen molar-refractivity contribution in [3.8, 4) is 6.07 Å². The summed E-state index contributed by atoms with van der Waals surface area (Å²) >= 11 is 0. The van der Waals surface area contributed by atoms with Crippen molar-refractivity contribution in [1.82, 2.24) is 9.88 Å². The molecule has 1 unspecified atom stereocenters. The zero-order valence-corrected chi connectivity index (χ0v) is 12.2. The monoisotopic (exact) mass is 289 g/mol. The molecule has 2 heterocycles. The predicted octanol–water partition coefficient (Wildman–Crippen LogP) is 2.00. The highest BCUT2D eigenvalue weighted by Crippen LogP contribution is 2.21. The number of anilines is 1. The molecule has 1 aliphatic heterocycles. The molecule has 1 aromatic rings. The maximum absolute atomic E-state index is 10.7. The summed E-state index contributed by atoms with van der Waals surface area (Å²) in [4.78, 5) is 16.5. The average Bonchev–Trinajstić information content (AvgIpc) is 2.93. The maximum atomic E-state index is 10.7. The first-order chi connectivity index (χ1) is 10.0. The van der Waals surface area contributed by atoms with Gasteiger partial charge in [-0.2, -0.15) is 5.26 Å². The van der Waals surface area contributed by atoms with Crippen LogP contribution in [0.2, 0.25) is 0 Å². The minimum absolute atomic E-state index is 0.163. The fourth-order valence-electron chi connectivity index (χ4n) is 2.52. The SMILES string of the molecule is CC(C)N1CCC(CNc2ncc([N+](=O)[O-])cc2C#N)C1. The minimum Gasteiger partial charge on any atom is -0.369 e. The van der Waals surface area contributed by atoms with Gasteiger partial charge in [0.2, 0.25) is 0 Å². The smallest absolute Gasteiger partial charge is 0.289 e. The third-order valence-electron chi connectivity index (χ3n) is 3.81. The van der Waals surface area contributed by atoms with Crippen molar-refractivity contribution in [2.45, 2.75) is 26.3 Å². The van der Waals surface area contributed by atoms with Crippen molar-refractivity contribution in [3.63, 3.8) is 0 Å². The predicted molar refractivity (Wildman–Crippen MR) is 78.9 cm³/mol. The van der Waals surface area contributed by atoms with Gasteiger partial charge in [-0.3, -0.25) is 10.1 Å². The Morgan fingerprint density at radius 1 is 1.67 bits per heavy atom. The molecule has 1 aliphatic rings. The third-order valence-corrected chi connectivity index (χ3v) is 3.81. The Morgan fingerprint density at radius 3 is 3.00 bits per heavy atom. The Balaban J connectivity index is 1.98. The second-order valence-corrected chi connectivity index (χ2v) is 5.58. The molecule has 0 aromatic carbocycles. The van der Waals surface area contributed by atoms with Crippen LogP contribution in [0.25, 0.3) is 0 Å². The van der Waals surface area contributed by atoms with Gasteiger partial charge in [0.15, 0.2) is 0 Å². The molecule has 1 aromatic heterocycles. The Labute approximate surface area is 123 Å². The quantitative estimate of drug-likeness (QED) is 0.658. The zero-order chi connectivity index (χ0) is 15.4. The van der Waals surface area contributed by atoms with Gasteiger partial charge in [0.25, 0.3) is 5.69 Å². The van der Waals surface area contributed by atoms with Crippen molar-refractivity contribution >= 4 is 11.5 Å². The maximum Gasteiger partial charge on any atom is 0.289 e. The van der Waals surface area contributed by atoms with E-state index in [0.717, 1.165) is 26.1 Å². The van der Waals surface area contributed by atoms with E-state index in [2.05, 4.69) is 29.0 Å². The second-order valence-electron chi connectivity index (χ2n) is 5.58. The summed E-state index contributed by atoms with van der Waals surface area (Å²) in [5.74, 6) is 0.932. The number of nitrogens with one attached hydrogen (secondary N) is 1. The standard InChI is InChI=1S/C14H19N5O2/c1-10(2)18-4-3-11(9-18)7-16-14-12(6-15)5-13(8-17-14)19(20)21/h5,8,10-11H,3-4,7,9H2,1-2H3,(H,16,17). The molecule has 7 heteroatoms. The van der Waals surface area contributed by atoms with Gasteiger partial charge >= 0.3 is 0 Å². The van der Waals surface area contributed by atoms with Crippen LogP contribution in [0.5, 0.6) is 0 Å². The van der Waals surface area contributed by atoms with Crippen LogP contribution in [0.4, 0.5) is 11.5 Å². The molecule has 1 fully saturated rings. The Kier molecular flexibility index (Phi) is 4.70. The zero-order valence-electron chi connectivity index (χ0n) is 12.2. The molecule has 2 rings (SSSR count). The van der Waals surface area contributed by atoms with Crippen LogP contribution in [-0.2, 0) is 0 Å². The number of likely N-dealkylation sites (tertiary alicyclic amines) is 1. The molecule has 0 saturated carbocycles. The van der Waals surface area contributed by atoms with Gasteiger partial charge in [0, 0.05) is 25.2 Å². The molecule has 1 atom stereocenters. The first kappa shape index (κ1) is 15.2. The molecule has 1 saturated heterocycles. The summed E-state index contributed by atoms with van der Waals surface area (Å²) in [6, 6.07) is 3.75. The number of nitro groups is 1. The van der Waals surface area contributed by atoms with E-state index in [4.69, 9.17) is 5.26 Å². The highest BCUT2D eigenvalue weighted by Gasteiger charge is 2.24. The van der Waals surface area contributed by atoms with Gasteiger partial charge in [-0.15, -0.1) is 0 Å². The largest absolute Gasteiger partial charge is 0.369 e. The van der Waals surface area contributed by atoms with Crippen LogP contribution in [-0.4, -0.2) is 40.5 Å². The first-order valence-corrected chi connectivity index (χ1v) is 7.03. The van der Waals surface area contributed by atoms with Gasteiger partial charge < -0.3 is 10.2 Å². The van der Waals surface area contributed by atoms with Gasteiger partial charge in [0.05, 0.1) is 4.92 Å². The second kappa shape index (κ2) is 6.50. The molecule has 0 bridgehead atoms. The molecule has 112 valence electrons. The van der Waals surface area contributed by atoms with E-state index < -0.39 is 4.92 Å². The molecule has 0 aliphatic carbocycles. The van der Waals surface area contributed by atoms with E-state index in [1.54, 1.807) is 0 Å². The molecule has 21 heavy (non-hydrogen) atoms. The van der Waals surface area contributed by atoms with E-state index in [-0.39, 0.29) is 11.3 Å². The third kappa shape index (κ3) is 3.67. The normalized spacial score (nSPS) is 18.7. The molecule has 0 spiro atoms. The van der Waals surface area contributed by atoms with Gasteiger partial charge in [-0.25, -0.2) is 4.98 Å². The molecule has 1 N–H and O–H groups in total. The summed E-state index contributed by atoms with van der Waals surface area (Å²) in [7, 11) is 0. The number of hydrogen-bond acceptors (Lipinski definition) is 6. The van der Waals surface area contributed by atoms with E-state index in [1.807, 2.05) is 6.07 Å². The Morgan fingerprint density at radius 2 is 2.43 bits per heavy atom. The van der Waals surface area contributed by atoms with Gasteiger partial charge in [-0.1, -0.05) is 0 Å². The van der Waals surface area contributed by atoms with Crippen LogP contribution < -0.4 is 5.32 Å². The summed E-state index contributed by atoms with van der Waals surface area (Å²) in [5.41, 5.74) is 0.0480. The lowest BCUT2D eigenvalue weighted by Crippen LogP contribution is -2.29. The van der Waals surface area contributed by atoms with Crippen molar-refractivity contribution in [3.05, 3.63) is 27.9 Å². The van der Waals surface area contributed by atoms with Gasteiger partial charge in [-0.05, 0) is 32.7 Å². The van der Waals surface area contributed by atoms with Crippen molar-refractivity contribution in [1.29, 1.82) is 5.26 Å². The van der Waals surface area contributed by atoms with E-state index >= 15 is 0 Å². The van der Waals surface area contributed by atoms with Crippen molar-refractivity contribution in [2.24, 2.45) is 5.92 Å². The molecule has 7 nitrogen and oxygen atoms in total. The number of nitrogens with zero attached hydrogens (tertiary/aromatic N) is 4. The highest BCUT2D eigenvalue weighted by molar-refractivity contribution is 5.55.